The van der Waals surface area contributed by atoms with Crippen LogP contribution in [0.15, 0.2) is 29.2 Å². The van der Waals surface area contributed by atoms with Gasteiger partial charge in [0, 0.05) is 17.1 Å². The van der Waals surface area contributed by atoms with E-state index < -0.39 is 17.7 Å². The lowest BCUT2D eigenvalue weighted by atomic mass is 10.1. The van der Waals surface area contributed by atoms with Crippen LogP contribution in [-0.2, 0) is 9.53 Å². The lowest BCUT2D eigenvalue weighted by molar-refractivity contribution is -0.167. The number of aliphatic hydroxyl groups is 1. The van der Waals surface area contributed by atoms with Crippen LogP contribution in [0.1, 0.15) is 13.8 Å². The molecule has 5 nitrogen and oxygen atoms in total. The van der Waals surface area contributed by atoms with Crippen molar-refractivity contribution >= 4 is 23.5 Å². The first-order valence-electron chi connectivity index (χ1n) is 6.77. The smallest absolute Gasteiger partial charge is 0.393 e. The van der Waals surface area contributed by atoms with E-state index in [1.807, 2.05) is 0 Å². The molecular formula is C14H19F3N2O3S. The van der Waals surface area contributed by atoms with Crippen LogP contribution in [0, 0.1) is 0 Å². The Labute approximate surface area is 136 Å². The van der Waals surface area contributed by atoms with Crippen LogP contribution in [-0.4, -0.2) is 42.5 Å². The lowest BCUT2D eigenvalue weighted by Gasteiger charge is -2.22. The molecule has 9 heteroatoms. The van der Waals surface area contributed by atoms with E-state index in [0.717, 1.165) is 4.90 Å². The van der Waals surface area contributed by atoms with Crippen LogP contribution in [0.3, 0.4) is 0 Å². The summed E-state index contributed by atoms with van der Waals surface area (Å²) >= 11 is 1.28. The number of ether oxygens (including phenoxy) is 1. The Hall–Kier alpha value is -1.29. The summed E-state index contributed by atoms with van der Waals surface area (Å²) < 4.78 is 44.8. The van der Waals surface area contributed by atoms with E-state index in [1.54, 1.807) is 31.3 Å². The number of hydrogen-bond acceptors (Lipinski definition) is 5. The second-order valence-electron chi connectivity index (χ2n) is 5.24. The third kappa shape index (κ3) is 7.69. The van der Waals surface area contributed by atoms with Gasteiger partial charge in [0.1, 0.15) is 0 Å². The summed E-state index contributed by atoms with van der Waals surface area (Å²) in [4.78, 5) is 11.6. The molecule has 1 aromatic rings. The Morgan fingerprint density at radius 2 is 1.87 bits per heavy atom. The van der Waals surface area contributed by atoms with Crippen molar-refractivity contribution in [1.82, 2.24) is 4.72 Å². The minimum absolute atomic E-state index is 0.0738. The third-order valence-corrected chi connectivity index (χ3v) is 3.49. The number of halogens is 3. The topological polar surface area (TPSA) is 70.6 Å². The minimum atomic E-state index is -4.91. The molecule has 1 aromatic carbocycles. The van der Waals surface area contributed by atoms with E-state index in [1.165, 1.54) is 24.1 Å². The van der Waals surface area contributed by atoms with Gasteiger partial charge in [-0.1, -0.05) is 0 Å². The van der Waals surface area contributed by atoms with Gasteiger partial charge >= 0.3 is 12.1 Å². The molecule has 0 atom stereocenters. The average Bonchev–Trinajstić information content (AvgIpc) is 2.47. The Bertz CT molecular complexity index is 507. The summed E-state index contributed by atoms with van der Waals surface area (Å²) in [5.74, 6) is -2.00. The molecule has 0 heterocycles. The number of carbonyl (C=O) groups excluding carboxylic acids is 1. The first-order chi connectivity index (χ1) is 10.6. The number of benzene rings is 1. The van der Waals surface area contributed by atoms with Crippen molar-refractivity contribution < 1.29 is 27.8 Å². The second-order valence-corrected chi connectivity index (χ2v) is 6.20. The standard InChI is InChI=1S/C14H19F3N2O3S/c1-13(2,9-20)22-8-7-18-23-11-5-3-10(4-6-11)19-12(21)14(15,16)17/h3-6,18,20H,7-9H2,1-2H3,(H,19,21). The van der Waals surface area contributed by atoms with Crippen LogP contribution < -0.4 is 10.0 Å². The fraction of sp³-hybridized carbons (Fsp3) is 0.500. The number of carbonyl (C=O) groups is 1. The molecule has 0 saturated carbocycles. The fourth-order valence-electron chi connectivity index (χ4n) is 1.36. The highest BCUT2D eigenvalue weighted by Crippen LogP contribution is 2.21. The van der Waals surface area contributed by atoms with Crippen molar-refractivity contribution in [3.05, 3.63) is 24.3 Å². The number of aliphatic hydroxyl groups excluding tert-OH is 1. The number of amides is 1. The number of alkyl halides is 3. The lowest BCUT2D eigenvalue weighted by Crippen LogP contribution is -2.31. The van der Waals surface area contributed by atoms with Crippen molar-refractivity contribution in [3.63, 3.8) is 0 Å². The van der Waals surface area contributed by atoms with E-state index in [-0.39, 0.29) is 12.3 Å². The summed E-state index contributed by atoms with van der Waals surface area (Å²) in [6.45, 7) is 4.40. The molecule has 0 aliphatic carbocycles. The van der Waals surface area contributed by atoms with Crippen LogP contribution >= 0.6 is 11.9 Å². The molecule has 3 N–H and O–H groups in total. The molecule has 0 fully saturated rings. The number of anilines is 1. The van der Waals surface area contributed by atoms with Gasteiger partial charge in [-0.3, -0.25) is 9.52 Å². The summed E-state index contributed by atoms with van der Waals surface area (Å²) in [6, 6.07) is 5.95. The molecule has 0 aliphatic rings. The van der Waals surface area contributed by atoms with Crippen molar-refractivity contribution in [2.75, 3.05) is 25.1 Å². The second kappa shape index (κ2) is 8.53. The zero-order chi connectivity index (χ0) is 17.5. The highest BCUT2D eigenvalue weighted by atomic mass is 32.2. The largest absolute Gasteiger partial charge is 0.471 e. The van der Waals surface area contributed by atoms with Crippen molar-refractivity contribution in [2.24, 2.45) is 0 Å². The number of rotatable bonds is 8. The number of nitrogens with one attached hydrogen (secondary N) is 2. The van der Waals surface area contributed by atoms with Gasteiger partial charge in [0.15, 0.2) is 0 Å². The van der Waals surface area contributed by atoms with Crippen molar-refractivity contribution in [2.45, 2.75) is 30.5 Å². The molecular weight excluding hydrogens is 333 g/mol. The van der Waals surface area contributed by atoms with Gasteiger partial charge in [0.25, 0.3) is 0 Å². The molecule has 0 aliphatic heterocycles. The van der Waals surface area contributed by atoms with E-state index in [9.17, 15) is 18.0 Å². The van der Waals surface area contributed by atoms with Gasteiger partial charge in [-0.25, -0.2) is 0 Å². The Balaban J connectivity index is 2.33. The molecule has 0 bridgehead atoms. The first-order valence-corrected chi connectivity index (χ1v) is 7.58. The average molecular weight is 352 g/mol. The summed E-state index contributed by atoms with van der Waals surface area (Å²) in [5.41, 5.74) is -0.519. The van der Waals surface area contributed by atoms with E-state index in [4.69, 9.17) is 9.84 Å². The fourth-order valence-corrected chi connectivity index (χ4v) is 1.98. The van der Waals surface area contributed by atoms with E-state index in [0.29, 0.717) is 13.2 Å². The zero-order valence-corrected chi connectivity index (χ0v) is 13.6. The molecule has 130 valence electrons. The van der Waals surface area contributed by atoms with Gasteiger partial charge < -0.3 is 15.2 Å². The highest BCUT2D eigenvalue weighted by molar-refractivity contribution is 7.97. The number of hydrogen-bond donors (Lipinski definition) is 3. The maximum Gasteiger partial charge on any atom is 0.471 e. The van der Waals surface area contributed by atoms with E-state index >= 15 is 0 Å². The Kier molecular flexibility index (Phi) is 7.33. The molecule has 1 rings (SSSR count). The summed E-state index contributed by atoms with van der Waals surface area (Å²) in [7, 11) is 0. The molecule has 0 aromatic heterocycles. The molecule has 0 saturated heterocycles. The van der Waals surface area contributed by atoms with Gasteiger partial charge in [-0.2, -0.15) is 13.2 Å². The molecule has 1 amide bonds. The molecule has 0 unspecified atom stereocenters. The minimum Gasteiger partial charge on any atom is -0.393 e. The predicted molar refractivity (Wildman–Crippen MR) is 82.1 cm³/mol. The Morgan fingerprint density at radius 1 is 1.26 bits per heavy atom. The summed E-state index contributed by atoms with van der Waals surface area (Å²) in [5, 5.41) is 10.8. The normalized spacial score (nSPS) is 12.3. The first kappa shape index (κ1) is 19.8. The molecule has 0 spiro atoms. The maximum atomic E-state index is 12.1. The zero-order valence-electron chi connectivity index (χ0n) is 12.7. The van der Waals surface area contributed by atoms with Gasteiger partial charge in [-0.05, 0) is 50.1 Å². The van der Waals surface area contributed by atoms with Crippen LogP contribution in [0.4, 0.5) is 18.9 Å². The van der Waals surface area contributed by atoms with Crippen LogP contribution in [0.5, 0.6) is 0 Å². The third-order valence-electron chi connectivity index (χ3n) is 2.64. The van der Waals surface area contributed by atoms with Crippen LogP contribution in [0.25, 0.3) is 0 Å². The predicted octanol–water partition coefficient (Wildman–Crippen LogP) is 2.57. The highest BCUT2D eigenvalue weighted by Gasteiger charge is 2.38. The Morgan fingerprint density at radius 3 is 2.39 bits per heavy atom. The summed E-state index contributed by atoms with van der Waals surface area (Å²) in [6.07, 6.45) is -4.91. The SMILES string of the molecule is CC(C)(CO)OCCNSc1ccc(NC(=O)C(F)(F)F)cc1. The molecule has 0 radical (unpaired) electrons. The molecule has 23 heavy (non-hydrogen) atoms. The van der Waals surface area contributed by atoms with Gasteiger partial charge in [-0.15, -0.1) is 0 Å². The maximum absolute atomic E-state index is 12.1. The van der Waals surface area contributed by atoms with Gasteiger partial charge in [0.2, 0.25) is 0 Å². The van der Waals surface area contributed by atoms with Crippen molar-refractivity contribution in [1.29, 1.82) is 0 Å². The van der Waals surface area contributed by atoms with Crippen LogP contribution in [0.2, 0.25) is 0 Å². The van der Waals surface area contributed by atoms with Gasteiger partial charge in [0.05, 0.1) is 18.8 Å². The monoisotopic (exact) mass is 352 g/mol. The van der Waals surface area contributed by atoms with Crippen molar-refractivity contribution in [3.8, 4) is 0 Å². The van der Waals surface area contributed by atoms with E-state index in [2.05, 4.69) is 4.72 Å². The quantitative estimate of drug-likeness (QED) is 0.496.